The molecular weight excluding hydrogens is 457 g/mol. The summed E-state index contributed by atoms with van der Waals surface area (Å²) < 4.78 is 8.54. The van der Waals surface area contributed by atoms with Gasteiger partial charge >= 0.3 is 7.12 Å². The second-order valence-electron chi connectivity index (χ2n) is 9.62. The van der Waals surface area contributed by atoms with Crippen molar-refractivity contribution in [3.63, 3.8) is 0 Å². The van der Waals surface area contributed by atoms with Gasteiger partial charge in [0.25, 0.3) is 0 Å². The van der Waals surface area contributed by atoms with Crippen molar-refractivity contribution in [2.24, 2.45) is 0 Å². The lowest BCUT2D eigenvalue weighted by Gasteiger charge is -2.09. The predicted molar refractivity (Wildman–Crippen MR) is 153 cm³/mol. The molecule has 5 heteroatoms. The second-order valence-corrected chi connectivity index (χ2v) is 9.62. The first kappa shape index (κ1) is 20.6. The number of para-hydroxylation sites is 1. The first-order valence-electron chi connectivity index (χ1n) is 12.3. The van der Waals surface area contributed by atoms with E-state index in [2.05, 4.69) is 83.4 Å². The van der Waals surface area contributed by atoms with Crippen LogP contribution >= 0.6 is 0 Å². The average molecular weight is 477 g/mol. The lowest BCUT2D eigenvalue weighted by molar-refractivity contribution is 0.425. The maximum Gasteiger partial charge on any atom is 0.492 e. The van der Waals surface area contributed by atoms with Crippen LogP contribution in [-0.4, -0.2) is 21.7 Å². The molecule has 0 aliphatic rings. The van der Waals surface area contributed by atoms with Gasteiger partial charge in [-0.25, -0.2) is 0 Å². The summed E-state index contributed by atoms with van der Waals surface area (Å²) in [4.78, 5) is 0. The van der Waals surface area contributed by atoms with Gasteiger partial charge in [0.05, 0.1) is 11.0 Å². The Kier molecular flexibility index (Phi) is 4.16. The van der Waals surface area contributed by atoms with Gasteiger partial charge in [-0.05, 0) is 57.9 Å². The number of fused-ring (bicyclic) bond motifs is 9. The minimum Gasteiger partial charge on any atom is -0.456 e. The third-order valence-corrected chi connectivity index (χ3v) is 7.55. The van der Waals surface area contributed by atoms with Crippen molar-refractivity contribution < 1.29 is 14.5 Å². The molecule has 8 rings (SSSR count). The predicted octanol–water partition coefficient (Wildman–Crippen LogP) is 6.67. The van der Waals surface area contributed by atoms with E-state index in [-0.39, 0.29) is 0 Å². The third kappa shape index (κ3) is 2.87. The van der Waals surface area contributed by atoms with Crippen LogP contribution in [0.2, 0.25) is 0 Å². The molecule has 2 heterocycles. The summed E-state index contributed by atoms with van der Waals surface area (Å²) in [6.45, 7) is 0. The third-order valence-electron chi connectivity index (χ3n) is 7.55. The first-order valence-corrected chi connectivity index (χ1v) is 12.3. The van der Waals surface area contributed by atoms with E-state index in [0.29, 0.717) is 16.6 Å². The molecule has 0 radical (unpaired) electrons. The molecule has 2 aromatic heterocycles. The molecule has 2 N–H and O–H groups in total. The lowest BCUT2D eigenvalue weighted by Crippen LogP contribution is -2.30. The summed E-state index contributed by atoms with van der Waals surface area (Å²) in [5.74, 6) is 0. The number of nitrogens with zero attached hydrogens (tertiary/aromatic N) is 1. The molecule has 0 unspecified atom stereocenters. The van der Waals surface area contributed by atoms with Crippen LogP contribution in [0.4, 0.5) is 0 Å². The van der Waals surface area contributed by atoms with Gasteiger partial charge in [-0.3, -0.25) is 0 Å². The Morgan fingerprint density at radius 3 is 2.08 bits per heavy atom. The van der Waals surface area contributed by atoms with Gasteiger partial charge in [0.1, 0.15) is 11.2 Å². The molecular formula is C32H20BNO3. The average Bonchev–Trinajstić information content (AvgIpc) is 3.46. The van der Waals surface area contributed by atoms with Crippen molar-refractivity contribution in [3.8, 4) is 5.69 Å². The maximum atomic E-state index is 10.1. The summed E-state index contributed by atoms with van der Waals surface area (Å²) in [5.41, 5.74) is 4.89. The van der Waals surface area contributed by atoms with Crippen molar-refractivity contribution in [1.82, 2.24) is 4.57 Å². The van der Waals surface area contributed by atoms with E-state index in [9.17, 15) is 10.0 Å². The normalized spacial score (nSPS) is 12.1. The highest BCUT2D eigenvalue weighted by Gasteiger charge is 2.22. The smallest absolute Gasteiger partial charge is 0.456 e. The minimum atomic E-state index is -1.63. The molecule has 4 nitrogen and oxygen atoms in total. The first-order chi connectivity index (χ1) is 18.2. The van der Waals surface area contributed by atoms with Crippen molar-refractivity contribution in [2.75, 3.05) is 0 Å². The van der Waals surface area contributed by atoms with Crippen molar-refractivity contribution >= 4 is 77.9 Å². The van der Waals surface area contributed by atoms with Crippen LogP contribution in [-0.2, 0) is 0 Å². The van der Waals surface area contributed by atoms with E-state index < -0.39 is 7.12 Å². The summed E-state index contributed by atoms with van der Waals surface area (Å²) in [7, 11) is -1.63. The molecule has 6 aromatic carbocycles. The van der Waals surface area contributed by atoms with Crippen LogP contribution in [0.1, 0.15) is 0 Å². The van der Waals surface area contributed by atoms with Crippen molar-refractivity contribution in [1.29, 1.82) is 0 Å². The van der Waals surface area contributed by atoms with Crippen LogP contribution in [0, 0.1) is 0 Å². The van der Waals surface area contributed by atoms with Crippen molar-refractivity contribution in [3.05, 3.63) is 109 Å². The molecule has 0 saturated heterocycles. The monoisotopic (exact) mass is 477 g/mol. The zero-order valence-corrected chi connectivity index (χ0v) is 19.7. The Hall–Kier alpha value is -4.58. The zero-order valence-electron chi connectivity index (χ0n) is 19.7. The van der Waals surface area contributed by atoms with E-state index >= 15 is 0 Å². The SMILES string of the molecule is OB(O)c1cc2ccccc2c2c1oc1ccc(-n3c4ccccc4c4cc5ccccc5cc43)cc12. The highest BCUT2D eigenvalue weighted by Crippen LogP contribution is 2.38. The molecule has 0 bridgehead atoms. The Morgan fingerprint density at radius 2 is 1.27 bits per heavy atom. The quantitative estimate of drug-likeness (QED) is 0.274. The lowest BCUT2D eigenvalue weighted by atomic mass is 9.78. The fourth-order valence-corrected chi connectivity index (χ4v) is 5.90. The van der Waals surface area contributed by atoms with E-state index in [0.717, 1.165) is 38.3 Å². The molecule has 0 spiro atoms. The van der Waals surface area contributed by atoms with E-state index in [1.165, 1.54) is 21.5 Å². The molecule has 0 amide bonds. The van der Waals surface area contributed by atoms with Crippen LogP contribution < -0.4 is 5.46 Å². The summed E-state index contributed by atoms with van der Waals surface area (Å²) in [6.07, 6.45) is 0. The Bertz CT molecular complexity index is 2190. The van der Waals surface area contributed by atoms with E-state index in [1.807, 2.05) is 24.3 Å². The Labute approximate surface area is 211 Å². The van der Waals surface area contributed by atoms with Gasteiger partial charge in [0.2, 0.25) is 0 Å². The number of rotatable bonds is 2. The second kappa shape index (κ2) is 7.46. The van der Waals surface area contributed by atoms with Crippen LogP contribution in [0.25, 0.3) is 71.0 Å². The topological polar surface area (TPSA) is 58.5 Å². The largest absolute Gasteiger partial charge is 0.492 e. The number of furan rings is 1. The van der Waals surface area contributed by atoms with Gasteiger partial charge in [-0.2, -0.15) is 0 Å². The molecule has 0 fully saturated rings. The van der Waals surface area contributed by atoms with Gasteiger partial charge in [-0.15, -0.1) is 0 Å². The van der Waals surface area contributed by atoms with E-state index in [1.54, 1.807) is 6.07 Å². The highest BCUT2D eigenvalue weighted by atomic mass is 16.4. The number of aromatic nitrogens is 1. The molecule has 37 heavy (non-hydrogen) atoms. The minimum absolute atomic E-state index is 0.370. The summed E-state index contributed by atoms with van der Waals surface area (Å²) in [5, 5.41) is 28.9. The Balaban J connectivity index is 1.51. The molecule has 0 saturated carbocycles. The fraction of sp³-hybridized carbons (Fsp3) is 0. The van der Waals surface area contributed by atoms with Gasteiger partial charge in [0.15, 0.2) is 0 Å². The van der Waals surface area contributed by atoms with Crippen LogP contribution in [0.3, 0.4) is 0 Å². The van der Waals surface area contributed by atoms with Crippen molar-refractivity contribution in [2.45, 2.75) is 0 Å². The molecule has 174 valence electrons. The van der Waals surface area contributed by atoms with Gasteiger partial charge in [-0.1, -0.05) is 72.8 Å². The highest BCUT2D eigenvalue weighted by molar-refractivity contribution is 6.62. The standard InChI is InChI=1S/C32H20BNO3/c35-33(36)27-16-21-9-3-4-10-23(21)31-26-18-22(13-14-30(26)37-32(27)31)34-28-12-6-5-11-24(28)25-15-19-7-1-2-8-20(19)17-29(25)34/h1-18,35-36H. The van der Waals surface area contributed by atoms with Crippen LogP contribution in [0.15, 0.2) is 114 Å². The van der Waals surface area contributed by atoms with E-state index in [4.69, 9.17) is 4.42 Å². The fourth-order valence-electron chi connectivity index (χ4n) is 5.90. The molecule has 0 atom stereocenters. The Morgan fingerprint density at radius 1 is 0.568 bits per heavy atom. The number of benzene rings is 6. The van der Waals surface area contributed by atoms with Gasteiger partial charge in [0, 0.05) is 32.7 Å². The summed E-state index contributed by atoms with van der Waals surface area (Å²) in [6, 6.07) is 37.5. The molecule has 0 aliphatic heterocycles. The number of hydrogen-bond donors (Lipinski definition) is 2. The molecule has 0 aliphatic carbocycles. The van der Waals surface area contributed by atoms with Crippen LogP contribution in [0.5, 0.6) is 0 Å². The zero-order chi connectivity index (χ0) is 24.7. The number of hydrogen-bond acceptors (Lipinski definition) is 3. The summed E-state index contributed by atoms with van der Waals surface area (Å²) >= 11 is 0. The maximum absolute atomic E-state index is 10.1. The molecule has 8 aromatic rings. The van der Waals surface area contributed by atoms with Gasteiger partial charge < -0.3 is 19.0 Å².